The summed E-state index contributed by atoms with van der Waals surface area (Å²) in [6.45, 7) is 4.69. The summed E-state index contributed by atoms with van der Waals surface area (Å²) in [5.41, 5.74) is 0. The molecule has 0 aliphatic heterocycles. The molecule has 3 N–H and O–H groups in total. The Kier molecular flexibility index (Phi) is 53.7. The Morgan fingerprint density at radius 2 is 0.824 bits per heavy atom. The summed E-state index contributed by atoms with van der Waals surface area (Å²) in [4.78, 5) is 23.3. The Balaban J connectivity index is 4.21. The molecule has 0 aromatic carbocycles. The SMILES string of the molecule is CC/C=C\C/C=C\C/C=C\C/C=C\CCCCCCCCCCCCCCCCCCC(=O)NC(COP(=O)(O)OCC[N+](C)(C)C)C(O)/C=C/CC/C=C/CC/C=C/CCCCCCCCCCCCCCC. The summed E-state index contributed by atoms with van der Waals surface area (Å²) in [6, 6.07) is -0.874. The third-order valence-electron chi connectivity index (χ3n) is 13.6. The normalized spacial score (nSPS) is 14.4. The largest absolute Gasteiger partial charge is 0.472 e. The van der Waals surface area contributed by atoms with E-state index in [9.17, 15) is 19.4 Å². The average Bonchev–Trinajstić information content (AvgIpc) is 3.36. The maximum absolute atomic E-state index is 13.0. The van der Waals surface area contributed by atoms with E-state index in [0.29, 0.717) is 17.4 Å². The number of aliphatic hydroxyl groups is 1. The van der Waals surface area contributed by atoms with Crippen LogP contribution in [0.2, 0.25) is 0 Å². The smallest absolute Gasteiger partial charge is 0.387 e. The fourth-order valence-corrected chi connectivity index (χ4v) is 9.51. The van der Waals surface area contributed by atoms with Crippen LogP contribution in [-0.2, 0) is 18.4 Å². The standard InChI is InChI=1S/C65H119N2O6P/c1-6-8-10-12-14-16-18-20-22-24-26-28-30-31-32-33-34-35-37-39-41-43-45-47-49-51-53-55-57-59-65(69)66-63(62-73-74(70,71)72-61-60-67(3,4)5)64(68)58-56-54-52-50-48-46-44-42-40-38-36-29-27-25-23-21-19-17-15-13-11-9-7-2/h8,10,14,16,20,22,26,28,40,42,48,50,56,58,63-64,68H,6-7,9,11-13,15,17-19,21,23-25,27,29-39,41,43-47,49,51-55,57,59-62H2,1-5H3,(H-,66,69,70,71)/p+1/b10-8-,16-14-,22-20-,28-26-,42-40+,50-48+,58-56+. The Bertz CT molecular complexity index is 1480. The van der Waals surface area contributed by atoms with Crippen molar-refractivity contribution < 1.29 is 32.9 Å². The van der Waals surface area contributed by atoms with Crippen LogP contribution in [0.5, 0.6) is 0 Å². The van der Waals surface area contributed by atoms with Crippen LogP contribution < -0.4 is 5.32 Å². The fraction of sp³-hybridized carbons (Fsp3) is 0.769. The molecule has 0 saturated carbocycles. The number of phosphoric acid groups is 1. The average molecular weight is 1060 g/mol. The minimum atomic E-state index is -4.37. The monoisotopic (exact) mass is 1060 g/mol. The fourth-order valence-electron chi connectivity index (χ4n) is 8.77. The molecule has 0 spiro atoms. The molecule has 430 valence electrons. The van der Waals surface area contributed by atoms with Gasteiger partial charge in [-0.05, 0) is 83.5 Å². The molecule has 0 bridgehead atoms. The zero-order valence-corrected chi connectivity index (χ0v) is 50.0. The lowest BCUT2D eigenvalue weighted by Gasteiger charge is -2.25. The Labute approximate surface area is 458 Å². The van der Waals surface area contributed by atoms with E-state index < -0.39 is 20.0 Å². The third-order valence-corrected chi connectivity index (χ3v) is 14.6. The number of carbonyl (C=O) groups is 1. The Morgan fingerprint density at radius 1 is 0.473 bits per heavy atom. The van der Waals surface area contributed by atoms with Crippen molar-refractivity contribution in [1.82, 2.24) is 5.32 Å². The van der Waals surface area contributed by atoms with Crippen molar-refractivity contribution in [2.24, 2.45) is 0 Å². The molecule has 3 atom stereocenters. The first kappa shape index (κ1) is 71.7. The van der Waals surface area contributed by atoms with E-state index in [-0.39, 0.29) is 19.1 Å². The number of amides is 1. The second-order valence-corrected chi connectivity index (χ2v) is 23.5. The van der Waals surface area contributed by atoms with Gasteiger partial charge >= 0.3 is 7.82 Å². The number of unbranched alkanes of at least 4 members (excludes halogenated alkanes) is 31. The number of carbonyl (C=O) groups excluding carboxylic acids is 1. The highest BCUT2D eigenvalue weighted by Gasteiger charge is 2.27. The predicted molar refractivity (Wildman–Crippen MR) is 323 cm³/mol. The van der Waals surface area contributed by atoms with Crippen molar-refractivity contribution in [2.45, 2.75) is 283 Å². The summed E-state index contributed by atoms with van der Waals surface area (Å²) < 4.78 is 23.7. The molecule has 0 radical (unpaired) electrons. The number of nitrogens with one attached hydrogen (secondary N) is 1. The third kappa shape index (κ3) is 57.4. The molecule has 74 heavy (non-hydrogen) atoms. The second-order valence-electron chi connectivity index (χ2n) is 22.0. The predicted octanol–water partition coefficient (Wildman–Crippen LogP) is 19.2. The van der Waals surface area contributed by atoms with E-state index in [1.54, 1.807) is 6.08 Å². The van der Waals surface area contributed by atoms with Crippen LogP contribution in [0.15, 0.2) is 85.1 Å². The molecule has 9 heteroatoms. The van der Waals surface area contributed by atoms with Gasteiger partial charge in [0.05, 0.1) is 39.9 Å². The van der Waals surface area contributed by atoms with Gasteiger partial charge in [0.2, 0.25) is 5.91 Å². The summed E-state index contributed by atoms with van der Waals surface area (Å²) in [6.07, 6.45) is 78.5. The minimum Gasteiger partial charge on any atom is -0.387 e. The van der Waals surface area contributed by atoms with Crippen LogP contribution in [-0.4, -0.2) is 73.4 Å². The minimum absolute atomic E-state index is 0.0513. The van der Waals surface area contributed by atoms with Gasteiger partial charge in [0.1, 0.15) is 13.2 Å². The molecule has 3 unspecified atom stereocenters. The topological polar surface area (TPSA) is 105 Å². The number of phosphoric ester groups is 1. The number of hydrogen-bond donors (Lipinski definition) is 3. The molecule has 8 nitrogen and oxygen atoms in total. The van der Waals surface area contributed by atoms with E-state index in [2.05, 4.69) is 92.1 Å². The lowest BCUT2D eigenvalue weighted by Crippen LogP contribution is -2.45. The zero-order valence-electron chi connectivity index (χ0n) is 49.1. The number of aliphatic hydroxyl groups excluding tert-OH is 1. The highest BCUT2D eigenvalue weighted by molar-refractivity contribution is 7.47. The van der Waals surface area contributed by atoms with Gasteiger partial charge in [-0.1, -0.05) is 266 Å². The number of rotatable bonds is 56. The first-order valence-electron chi connectivity index (χ1n) is 31.0. The van der Waals surface area contributed by atoms with Gasteiger partial charge in [-0.15, -0.1) is 0 Å². The van der Waals surface area contributed by atoms with Crippen LogP contribution in [0, 0.1) is 0 Å². The lowest BCUT2D eigenvalue weighted by atomic mass is 10.0. The molecule has 0 saturated heterocycles. The molecular formula is C65H120N2O6P+. The second kappa shape index (κ2) is 55.4. The van der Waals surface area contributed by atoms with E-state index in [1.165, 1.54) is 180 Å². The first-order valence-corrected chi connectivity index (χ1v) is 32.5. The van der Waals surface area contributed by atoms with Crippen molar-refractivity contribution >= 4 is 13.7 Å². The van der Waals surface area contributed by atoms with Crippen molar-refractivity contribution in [3.05, 3.63) is 85.1 Å². The summed E-state index contributed by atoms with van der Waals surface area (Å²) in [5, 5.41) is 13.9. The molecule has 0 aliphatic rings. The number of likely N-dealkylation sites (N-methyl/N-ethyl adjacent to an activating group) is 1. The van der Waals surface area contributed by atoms with E-state index in [4.69, 9.17) is 9.05 Å². The molecule has 1 amide bonds. The summed E-state index contributed by atoms with van der Waals surface area (Å²) in [7, 11) is 1.55. The van der Waals surface area contributed by atoms with Crippen LogP contribution in [0.25, 0.3) is 0 Å². The van der Waals surface area contributed by atoms with Crippen LogP contribution in [0.4, 0.5) is 0 Å². The quantitative estimate of drug-likeness (QED) is 0.0243. The molecular weight excluding hydrogens is 936 g/mol. The maximum atomic E-state index is 13.0. The Morgan fingerprint density at radius 3 is 1.24 bits per heavy atom. The highest BCUT2D eigenvalue weighted by atomic mass is 31.2. The molecule has 0 fully saturated rings. The van der Waals surface area contributed by atoms with Gasteiger partial charge in [0.15, 0.2) is 0 Å². The van der Waals surface area contributed by atoms with Crippen molar-refractivity contribution in [1.29, 1.82) is 0 Å². The van der Waals surface area contributed by atoms with E-state index in [1.807, 2.05) is 27.2 Å². The number of nitrogens with zero attached hydrogens (tertiary/aromatic N) is 1. The van der Waals surface area contributed by atoms with Gasteiger partial charge < -0.3 is 19.8 Å². The number of hydrogen-bond acceptors (Lipinski definition) is 5. The number of quaternary nitrogens is 1. The molecule has 0 heterocycles. The lowest BCUT2D eigenvalue weighted by molar-refractivity contribution is -0.870. The molecule has 0 rings (SSSR count). The van der Waals surface area contributed by atoms with Gasteiger partial charge in [-0.3, -0.25) is 13.8 Å². The zero-order chi connectivity index (χ0) is 54.2. The first-order chi connectivity index (χ1) is 36.0. The van der Waals surface area contributed by atoms with Crippen LogP contribution >= 0.6 is 7.82 Å². The summed E-state index contributed by atoms with van der Waals surface area (Å²) >= 11 is 0. The molecule has 0 aromatic heterocycles. The van der Waals surface area contributed by atoms with Crippen LogP contribution in [0.1, 0.15) is 271 Å². The molecule has 0 aromatic rings. The maximum Gasteiger partial charge on any atom is 0.472 e. The molecule has 0 aliphatic carbocycles. The van der Waals surface area contributed by atoms with Crippen molar-refractivity contribution in [3.63, 3.8) is 0 Å². The van der Waals surface area contributed by atoms with Crippen molar-refractivity contribution in [3.8, 4) is 0 Å². The van der Waals surface area contributed by atoms with Gasteiger partial charge in [-0.2, -0.15) is 0 Å². The van der Waals surface area contributed by atoms with Crippen LogP contribution in [0.3, 0.4) is 0 Å². The Hall–Kier alpha value is -2.32. The van der Waals surface area contributed by atoms with Gasteiger partial charge in [-0.25, -0.2) is 4.57 Å². The van der Waals surface area contributed by atoms with E-state index >= 15 is 0 Å². The number of allylic oxidation sites excluding steroid dienone is 13. The van der Waals surface area contributed by atoms with Gasteiger partial charge in [0.25, 0.3) is 0 Å². The highest BCUT2D eigenvalue weighted by Crippen LogP contribution is 2.43. The van der Waals surface area contributed by atoms with Gasteiger partial charge in [0, 0.05) is 6.42 Å². The summed E-state index contributed by atoms with van der Waals surface area (Å²) in [5.74, 6) is -0.191. The van der Waals surface area contributed by atoms with Crippen molar-refractivity contribution in [2.75, 3.05) is 40.9 Å². The van der Waals surface area contributed by atoms with E-state index in [0.717, 1.165) is 70.6 Å².